The van der Waals surface area contributed by atoms with Crippen molar-refractivity contribution in [2.24, 2.45) is 14.1 Å². The molecule has 0 amide bonds. The molecule has 2 aromatic heterocycles. The topological polar surface area (TPSA) is 47.7 Å². The van der Waals surface area contributed by atoms with Crippen molar-refractivity contribution in [2.75, 3.05) is 0 Å². The SMILES string of the molecule is Cc1cc(Sc2c(CNC3CC3)c(C)nn2C)n(C)n1. The smallest absolute Gasteiger partial charge is 0.105 e. The molecule has 3 rings (SSSR count). The molecule has 5 nitrogen and oxygen atoms in total. The molecule has 0 bridgehead atoms. The van der Waals surface area contributed by atoms with Crippen LogP contribution in [0.5, 0.6) is 0 Å². The first-order chi connectivity index (χ1) is 9.54. The zero-order chi connectivity index (χ0) is 14.3. The summed E-state index contributed by atoms with van der Waals surface area (Å²) in [6, 6.07) is 2.83. The maximum absolute atomic E-state index is 4.57. The van der Waals surface area contributed by atoms with Crippen LogP contribution in [0.1, 0.15) is 29.8 Å². The molecular formula is C14H21N5S. The highest BCUT2D eigenvalue weighted by Gasteiger charge is 2.23. The van der Waals surface area contributed by atoms with Crippen LogP contribution in [-0.2, 0) is 20.6 Å². The Bertz CT molecular complexity index is 624. The van der Waals surface area contributed by atoms with Crippen LogP contribution in [0, 0.1) is 13.8 Å². The van der Waals surface area contributed by atoms with Crippen molar-refractivity contribution in [2.45, 2.75) is 49.3 Å². The first-order valence-electron chi connectivity index (χ1n) is 6.99. The van der Waals surface area contributed by atoms with Crippen LogP contribution in [0.4, 0.5) is 0 Å². The normalized spacial score (nSPS) is 15.0. The van der Waals surface area contributed by atoms with Crippen LogP contribution in [0.2, 0.25) is 0 Å². The van der Waals surface area contributed by atoms with Gasteiger partial charge < -0.3 is 5.32 Å². The van der Waals surface area contributed by atoms with Gasteiger partial charge in [-0.1, -0.05) is 11.8 Å². The molecule has 6 heteroatoms. The summed E-state index contributed by atoms with van der Waals surface area (Å²) in [5.74, 6) is 0. The second kappa shape index (κ2) is 5.26. The number of nitrogens with one attached hydrogen (secondary N) is 1. The van der Waals surface area contributed by atoms with E-state index < -0.39 is 0 Å². The van der Waals surface area contributed by atoms with Gasteiger partial charge in [0.05, 0.1) is 11.4 Å². The fourth-order valence-corrected chi connectivity index (χ4v) is 3.44. The molecule has 1 aliphatic carbocycles. The van der Waals surface area contributed by atoms with Gasteiger partial charge in [-0.05, 0) is 32.8 Å². The van der Waals surface area contributed by atoms with Gasteiger partial charge in [-0.2, -0.15) is 10.2 Å². The molecule has 0 aliphatic heterocycles. The van der Waals surface area contributed by atoms with E-state index in [-0.39, 0.29) is 0 Å². The van der Waals surface area contributed by atoms with E-state index in [1.807, 2.05) is 30.4 Å². The molecule has 20 heavy (non-hydrogen) atoms. The van der Waals surface area contributed by atoms with E-state index >= 15 is 0 Å². The highest BCUT2D eigenvalue weighted by molar-refractivity contribution is 7.99. The van der Waals surface area contributed by atoms with E-state index in [0.29, 0.717) is 6.04 Å². The van der Waals surface area contributed by atoms with Gasteiger partial charge in [0.1, 0.15) is 10.1 Å². The Kier molecular flexibility index (Phi) is 3.60. The van der Waals surface area contributed by atoms with Crippen molar-refractivity contribution in [1.82, 2.24) is 24.9 Å². The Morgan fingerprint density at radius 3 is 2.60 bits per heavy atom. The maximum atomic E-state index is 4.57. The highest BCUT2D eigenvalue weighted by atomic mass is 32.2. The lowest BCUT2D eigenvalue weighted by atomic mass is 10.2. The number of aryl methyl sites for hydroxylation is 4. The van der Waals surface area contributed by atoms with Crippen molar-refractivity contribution in [3.8, 4) is 0 Å². The second-order valence-corrected chi connectivity index (χ2v) is 6.51. The number of hydrogen-bond donors (Lipinski definition) is 1. The minimum Gasteiger partial charge on any atom is -0.310 e. The Balaban J connectivity index is 1.85. The number of rotatable bonds is 5. The lowest BCUT2D eigenvalue weighted by molar-refractivity contribution is 0.654. The summed E-state index contributed by atoms with van der Waals surface area (Å²) in [4.78, 5) is 0. The monoisotopic (exact) mass is 291 g/mol. The lowest BCUT2D eigenvalue weighted by Gasteiger charge is -2.07. The molecule has 1 saturated carbocycles. The van der Waals surface area contributed by atoms with Crippen molar-refractivity contribution >= 4 is 11.8 Å². The third kappa shape index (κ3) is 2.76. The van der Waals surface area contributed by atoms with E-state index in [1.165, 1.54) is 23.4 Å². The van der Waals surface area contributed by atoms with E-state index in [9.17, 15) is 0 Å². The van der Waals surface area contributed by atoms with E-state index in [4.69, 9.17) is 0 Å². The van der Waals surface area contributed by atoms with Crippen LogP contribution in [0.3, 0.4) is 0 Å². The average molecular weight is 291 g/mol. The number of nitrogens with zero attached hydrogens (tertiary/aromatic N) is 4. The van der Waals surface area contributed by atoms with Gasteiger partial charge in [0.15, 0.2) is 0 Å². The molecule has 1 fully saturated rings. The molecule has 0 radical (unpaired) electrons. The van der Waals surface area contributed by atoms with Crippen molar-refractivity contribution in [3.05, 3.63) is 23.0 Å². The Hall–Kier alpha value is -1.27. The van der Waals surface area contributed by atoms with Gasteiger partial charge in [-0.25, -0.2) is 0 Å². The average Bonchev–Trinajstić information content (AvgIpc) is 3.09. The predicted molar refractivity (Wildman–Crippen MR) is 79.9 cm³/mol. The van der Waals surface area contributed by atoms with Gasteiger partial charge in [0, 0.05) is 32.2 Å². The number of aromatic nitrogens is 4. The summed E-state index contributed by atoms with van der Waals surface area (Å²) in [6.07, 6.45) is 2.62. The summed E-state index contributed by atoms with van der Waals surface area (Å²) in [5.41, 5.74) is 3.47. The van der Waals surface area contributed by atoms with Gasteiger partial charge in [-0.15, -0.1) is 0 Å². The molecule has 0 atom stereocenters. The molecule has 2 aromatic rings. The fraction of sp³-hybridized carbons (Fsp3) is 0.571. The molecule has 0 aromatic carbocycles. The summed E-state index contributed by atoms with van der Waals surface area (Å²) in [6.45, 7) is 5.01. The van der Waals surface area contributed by atoms with Gasteiger partial charge in [0.25, 0.3) is 0 Å². The molecule has 0 saturated heterocycles. The largest absolute Gasteiger partial charge is 0.310 e. The first kappa shape index (κ1) is 13.7. The zero-order valence-electron chi connectivity index (χ0n) is 12.5. The van der Waals surface area contributed by atoms with Crippen LogP contribution >= 0.6 is 11.8 Å². The van der Waals surface area contributed by atoms with Crippen LogP contribution in [-0.4, -0.2) is 25.6 Å². The Morgan fingerprint density at radius 1 is 1.25 bits per heavy atom. The van der Waals surface area contributed by atoms with E-state index in [0.717, 1.165) is 23.0 Å². The predicted octanol–water partition coefficient (Wildman–Crippen LogP) is 2.17. The van der Waals surface area contributed by atoms with Gasteiger partial charge in [0.2, 0.25) is 0 Å². The van der Waals surface area contributed by atoms with Crippen molar-refractivity contribution < 1.29 is 0 Å². The van der Waals surface area contributed by atoms with Crippen molar-refractivity contribution in [3.63, 3.8) is 0 Å². The zero-order valence-corrected chi connectivity index (χ0v) is 13.3. The Morgan fingerprint density at radius 2 is 2.00 bits per heavy atom. The van der Waals surface area contributed by atoms with Gasteiger partial charge in [-0.3, -0.25) is 9.36 Å². The van der Waals surface area contributed by atoms with Crippen LogP contribution < -0.4 is 5.32 Å². The second-order valence-electron chi connectivity index (χ2n) is 5.50. The fourth-order valence-electron chi connectivity index (χ4n) is 2.33. The summed E-state index contributed by atoms with van der Waals surface area (Å²) >= 11 is 1.74. The number of hydrogen-bond acceptors (Lipinski definition) is 4. The van der Waals surface area contributed by atoms with Crippen molar-refractivity contribution in [1.29, 1.82) is 0 Å². The Labute approximate surface area is 123 Å². The van der Waals surface area contributed by atoms with E-state index in [1.54, 1.807) is 11.8 Å². The maximum Gasteiger partial charge on any atom is 0.105 e. The van der Waals surface area contributed by atoms with Gasteiger partial charge >= 0.3 is 0 Å². The molecule has 108 valence electrons. The lowest BCUT2D eigenvalue weighted by Crippen LogP contribution is -2.16. The van der Waals surface area contributed by atoms with Crippen LogP contribution in [0.25, 0.3) is 0 Å². The highest BCUT2D eigenvalue weighted by Crippen LogP contribution is 2.32. The molecular weight excluding hydrogens is 270 g/mol. The standard InChI is InChI=1S/C14H21N5S/c1-9-7-13(18(3)16-9)20-14-12(8-15-11-5-6-11)10(2)17-19(14)4/h7,11,15H,5-6,8H2,1-4H3. The van der Waals surface area contributed by atoms with Crippen LogP contribution in [0.15, 0.2) is 16.1 Å². The first-order valence-corrected chi connectivity index (χ1v) is 7.80. The third-order valence-electron chi connectivity index (χ3n) is 3.59. The third-order valence-corrected chi connectivity index (χ3v) is 4.89. The quantitative estimate of drug-likeness (QED) is 0.917. The minimum atomic E-state index is 0.714. The summed E-state index contributed by atoms with van der Waals surface area (Å²) in [5, 5.41) is 14.9. The molecule has 1 N–H and O–H groups in total. The summed E-state index contributed by atoms with van der Waals surface area (Å²) < 4.78 is 3.91. The summed E-state index contributed by atoms with van der Waals surface area (Å²) in [7, 11) is 4.00. The molecule has 1 aliphatic rings. The van der Waals surface area contributed by atoms with E-state index in [2.05, 4.69) is 28.5 Å². The molecule has 0 spiro atoms. The minimum absolute atomic E-state index is 0.714. The molecule has 0 unspecified atom stereocenters. The molecule has 2 heterocycles.